The molecule has 1 aliphatic heterocycles. The number of pyridine rings is 1. The van der Waals surface area contributed by atoms with Crippen LogP contribution in [0.3, 0.4) is 0 Å². The molecular formula is C17H18ClN3O. The van der Waals surface area contributed by atoms with Crippen molar-refractivity contribution in [1.82, 2.24) is 15.2 Å². The van der Waals surface area contributed by atoms with Crippen molar-refractivity contribution in [2.24, 2.45) is 0 Å². The number of halogens is 1. The van der Waals surface area contributed by atoms with Gasteiger partial charge in [-0.3, -0.25) is 9.78 Å². The first-order valence-corrected chi connectivity index (χ1v) is 7.66. The van der Waals surface area contributed by atoms with E-state index in [1.807, 2.05) is 49.6 Å². The Morgan fingerprint density at radius 2 is 2.23 bits per heavy atom. The van der Waals surface area contributed by atoms with Crippen LogP contribution in [-0.2, 0) is 11.3 Å². The maximum atomic E-state index is 12.1. The number of carbonyl (C=O) groups excluding carboxylic acids is 1. The van der Waals surface area contributed by atoms with Crippen LogP contribution in [0.5, 0.6) is 0 Å². The number of nitrogens with one attached hydrogen (secondary N) is 1. The van der Waals surface area contributed by atoms with Gasteiger partial charge in [0.25, 0.3) is 0 Å². The molecule has 2 heterocycles. The SMILES string of the molecule is CN1C(=O)C[C@@H](NCc2cccc(Cl)c2)[C@@H]1c1cccnc1. The molecule has 3 rings (SSSR count). The van der Waals surface area contributed by atoms with Crippen molar-refractivity contribution in [3.63, 3.8) is 0 Å². The second kappa shape index (κ2) is 6.46. The van der Waals surface area contributed by atoms with E-state index in [0.717, 1.165) is 16.1 Å². The van der Waals surface area contributed by atoms with Crippen molar-refractivity contribution in [2.45, 2.75) is 25.0 Å². The minimum Gasteiger partial charge on any atom is -0.337 e. The van der Waals surface area contributed by atoms with Crippen molar-refractivity contribution in [1.29, 1.82) is 0 Å². The summed E-state index contributed by atoms with van der Waals surface area (Å²) in [6.45, 7) is 0.684. The van der Waals surface area contributed by atoms with Crippen LogP contribution < -0.4 is 5.32 Å². The first-order chi connectivity index (χ1) is 10.6. The Hall–Kier alpha value is -1.91. The van der Waals surface area contributed by atoms with Gasteiger partial charge in [-0.1, -0.05) is 29.8 Å². The maximum Gasteiger partial charge on any atom is 0.224 e. The normalized spacial score (nSPS) is 21.4. The second-order valence-electron chi connectivity index (χ2n) is 5.56. The van der Waals surface area contributed by atoms with E-state index >= 15 is 0 Å². The quantitative estimate of drug-likeness (QED) is 0.943. The van der Waals surface area contributed by atoms with E-state index in [0.29, 0.717) is 13.0 Å². The van der Waals surface area contributed by atoms with Crippen LogP contribution in [0.4, 0.5) is 0 Å². The number of carbonyl (C=O) groups is 1. The van der Waals surface area contributed by atoms with Crippen LogP contribution in [0.25, 0.3) is 0 Å². The Morgan fingerprint density at radius 3 is 2.95 bits per heavy atom. The molecule has 22 heavy (non-hydrogen) atoms. The van der Waals surface area contributed by atoms with Crippen molar-refractivity contribution in [3.05, 3.63) is 64.9 Å². The molecule has 0 spiro atoms. The molecule has 1 amide bonds. The zero-order valence-electron chi connectivity index (χ0n) is 12.4. The van der Waals surface area contributed by atoms with Gasteiger partial charge in [-0.2, -0.15) is 0 Å². The molecule has 0 saturated carbocycles. The molecule has 0 unspecified atom stereocenters. The highest BCUT2D eigenvalue weighted by Gasteiger charge is 2.38. The fourth-order valence-electron chi connectivity index (χ4n) is 2.96. The monoisotopic (exact) mass is 315 g/mol. The van der Waals surface area contributed by atoms with Gasteiger partial charge < -0.3 is 10.2 Å². The van der Waals surface area contributed by atoms with E-state index in [2.05, 4.69) is 10.3 Å². The predicted octanol–water partition coefficient (Wildman–Crippen LogP) is 2.80. The summed E-state index contributed by atoms with van der Waals surface area (Å²) in [6.07, 6.45) is 4.07. The maximum absolute atomic E-state index is 12.1. The van der Waals surface area contributed by atoms with Crippen LogP contribution in [-0.4, -0.2) is 28.9 Å². The van der Waals surface area contributed by atoms with Gasteiger partial charge in [0.2, 0.25) is 5.91 Å². The summed E-state index contributed by atoms with van der Waals surface area (Å²) in [5, 5.41) is 4.21. The number of nitrogens with zero attached hydrogens (tertiary/aromatic N) is 2. The summed E-state index contributed by atoms with van der Waals surface area (Å²) < 4.78 is 0. The highest BCUT2D eigenvalue weighted by atomic mass is 35.5. The lowest BCUT2D eigenvalue weighted by Gasteiger charge is -2.25. The molecule has 2 aromatic rings. The number of hydrogen-bond acceptors (Lipinski definition) is 3. The Morgan fingerprint density at radius 1 is 1.36 bits per heavy atom. The Balaban J connectivity index is 1.75. The smallest absolute Gasteiger partial charge is 0.224 e. The number of benzene rings is 1. The van der Waals surface area contributed by atoms with Crippen LogP contribution >= 0.6 is 11.6 Å². The molecule has 1 aromatic heterocycles. The Labute approximate surface area is 135 Å². The van der Waals surface area contributed by atoms with E-state index in [1.54, 1.807) is 11.1 Å². The fourth-order valence-corrected chi connectivity index (χ4v) is 3.17. The molecule has 5 heteroatoms. The molecule has 2 atom stereocenters. The van der Waals surface area contributed by atoms with Crippen LogP contribution in [0.1, 0.15) is 23.6 Å². The molecule has 0 aliphatic carbocycles. The highest BCUT2D eigenvalue weighted by molar-refractivity contribution is 6.30. The minimum atomic E-state index is 0.0142. The van der Waals surface area contributed by atoms with Crippen LogP contribution in [0.15, 0.2) is 48.8 Å². The van der Waals surface area contributed by atoms with Crippen molar-refractivity contribution >= 4 is 17.5 Å². The van der Waals surface area contributed by atoms with E-state index < -0.39 is 0 Å². The zero-order chi connectivity index (χ0) is 15.5. The summed E-state index contributed by atoms with van der Waals surface area (Å²) in [5.41, 5.74) is 2.17. The Kier molecular flexibility index (Phi) is 4.41. The van der Waals surface area contributed by atoms with Crippen LogP contribution in [0.2, 0.25) is 5.02 Å². The predicted molar refractivity (Wildman–Crippen MR) is 86.4 cm³/mol. The lowest BCUT2D eigenvalue weighted by Crippen LogP contribution is -2.34. The van der Waals surface area contributed by atoms with E-state index in [-0.39, 0.29) is 18.0 Å². The summed E-state index contributed by atoms with van der Waals surface area (Å²) >= 11 is 6.01. The second-order valence-corrected chi connectivity index (χ2v) is 5.99. The first kappa shape index (κ1) is 15.0. The number of rotatable bonds is 4. The zero-order valence-corrected chi connectivity index (χ0v) is 13.1. The Bertz CT molecular complexity index is 662. The third kappa shape index (κ3) is 3.13. The minimum absolute atomic E-state index is 0.0142. The first-order valence-electron chi connectivity index (χ1n) is 7.28. The molecule has 0 bridgehead atoms. The number of hydrogen-bond donors (Lipinski definition) is 1. The van der Waals surface area contributed by atoms with E-state index in [4.69, 9.17) is 11.6 Å². The molecule has 1 saturated heterocycles. The molecule has 1 N–H and O–H groups in total. The van der Waals surface area contributed by atoms with Crippen molar-refractivity contribution in [3.8, 4) is 0 Å². The van der Waals surface area contributed by atoms with Crippen molar-refractivity contribution < 1.29 is 4.79 Å². The van der Waals surface area contributed by atoms with Crippen LogP contribution in [0, 0.1) is 0 Å². The molecule has 114 valence electrons. The van der Waals surface area contributed by atoms with Gasteiger partial charge in [0.1, 0.15) is 0 Å². The molecule has 1 fully saturated rings. The average Bonchev–Trinajstić information content (AvgIpc) is 2.81. The molecule has 0 radical (unpaired) electrons. The highest BCUT2D eigenvalue weighted by Crippen LogP contribution is 2.31. The summed E-state index contributed by atoms with van der Waals surface area (Å²) in [4.78, 5) is 18.0. The largest absolute Gasteiger partial charge is 0.337 e. The van der Waals surface area contributed by atoms with Gasteiger partial charge in [-0.15, -0.1) is 0 Å². The lowest BCUT2D eigenvalue weighted by atomic mass is 10.0. The van der Waals surface area contributed by atoms with Gasteiger partial charge in [0.05, 0.1) is 6.04 Å². The van der Waals surface area contributed by atoms with Gasteiger partial charge in [0.15, 0.2) is 0 Å². The van der Waals surface area contributed by atoms with Gasteiger partial charge in [-0.05, 0) is 29.3 Å². The van der Waals surface area contributed by atoms with Gasteiger partial charge in [-0.25, -0.2) is 0 Å². The molecule has 1 aliphatic rings. The number of likely N-dealkylation sites (N-methyl/N-ethyl adjacent to an activating group) is 1. The lowest BCUT2D eigenvalue weighted by molar-refractivity contribution is -0.127. The average molecular weight is 316 g/mol. The summed E-state index contributed by atoms with van der Waals surface area (Å²) in [5.74, 6) is 0.150. The molecular weight excluding hydrogens is 298 g/mol. The van der Waals surface area contributed by atoms with E-state index in [9.17, 15) is 4.79 Å². The third-order valence-corrected chi connectivity index (χ3v) is 4.30. The van der Waals surface area contributed by atoms with Gasteiger partial charge in [0, 0.05) is 43.5 Å². The number of likely N-dealkylation sites (tertiary alicyclic amines) is 1. The topological polar surface area (TPSA) is 45.2 Å². The van der Waals surface area contributed by atoms with Gasteiger partial charge >= 0.3 is 0 Å². The number of aromatic nitrogens is 1. The molecule has 1 aromatic carbocycles. The van der Waals surface area contributed by atoms with Crippen molar-refractivity contribution in [2.75, 3.05) is 7.05 Å². The molecule has 4 nitrogen and oxygen atoms in total. The third-order valence-electron chi connectivity index (χ3n) is 4.07. The number of amides is 1. The summed E-state index contributed by atoms with van der Waals surface area (Å²) in [7, 11) is 1.85. The fraction of sp³-hybridized carbons (Fsp3) is 0.294. The summed E-state index contributed by atoms with van der Waals surface area (Å²) in [6, 6.07) is 11.8. The standard InChI is InChI=1S/C17H18ClN3O/c1-21-16(22)9-15(17(21)13-5-3-7-19-11-13)20-10-12-4-2-6-14(18)8-12/h2-8,11,15,17,20H,9-10H2,1H3/t15-,17+/m1/s1. The van der Waals surface area contributed by atoms with E-state index in [1.165, 1.54) is 0 Å².